The number of hydrogen-bond donors (Lipinski definition) is 0. The molecule has 0 amide bonds. The lowest BCUT2D eigenvalue weighted by Gasteiger charge is -2.24. The van der Waals surface area contributed by atoms with Gasteiger partial charge in [-0.25, -0.2) is 9.97 Å². The first kappa shape index (κ1) is 30.3. The zero-order valence-electron chi connectivity index (χ0n) is 29.4. The quantitative estimate of drug-likeness (QED) is 0.185. The van der Waals surface area contributed by atoms with Crippen molar-refractivity contribution in [1.29, 1.82) is 0 Å². The summed E-state index contributed by atoms with van der Waals surface area (Å²) in [5, 5.41) is 5.22. The Morgan fingerprint density at radius 3 is 1.81 bits per heavy atom. The summed E-state index contributed by atoms with van der Waals surface area (Å²) in [5.41, 5.74) is 18.8. The summed E-state index contributed by atoms with van der Waals surface area (Å²) in [6.45, 7) is 0. The monoisotopic (exact) mass is 676 g/mol. The minimum Gasteiger partial charge on any atom is -0.228 e. The van der Waals surface area contributed by atoms with Crippen LogP contribution in [0.5, 0.6) is 0 Å². The maximum absolute atomic E-state index is 5.37. The molecule has 53 heavy (non-hydrogen) atoms. The van der Waals surface area contributed by atoms with E-state index in [1.54, 1.807) is 11.1 Å². The van der Waals surface area contributed by atoms with Crippen LogP contribution < -0.4 is 0 Å². The van der Waals surface area contributed by atoms with Gasteiger partial charge in [0.1, 0.15) is 0 Å². The van der Waals surface area contributed by atoms with Crippen LogP contribution in [0.2, 0.25) is 0 Å². The van der Waals surface area contributed by atoms with Gasteiger partial charge in [-0.15, -0.1) is 0 Å². The minimum absolute atomic E-state index is 0.756. The van der Waals surface area contributed by atoms with Crippen molar-refractivity contribution in [2.24, 2.45) is 0 Å². The molecule has 0 N–H and O–H groups in total. The van der Waals surface area contributed by atoms with Gasteiger partial charge in [-0.2, -0.15) is 0 Å². The molecule has 1 aromatic heterocycles. The van der Waals surface area contributed by atoms with Crippen LogP contribution in [-0.4, -0.2) is 9.97 Å². The molecule has 0 saturated carbocycles. The van der Waals surface area contributed by atoms with E-state index in [2.05, 4.69) is 158 Å². The molecule has 0 unspecified atom stereocenters. The zero-order chi connectivity index (χ0) is 34.9. The van der Waals surface area contributed by atoms with Crippen molar-refractivity contribution < 1.29 is 0 Å². The molecule has 0 saturated heterocycles. The Hall–Kier alpha value is -6.38. The van der Waals surface area contributed by atoms with Crippen LogP contribution >= 0.6 is 0 Å². The number of aromatic nitrogens is 2. The average molecular weight is 677 g/mol. The van der Waals surface area contributed by atoms with Crippen LogP contribution in [0, 0.1) is 0 Å². The Bertz CT molecular complexity index is 2860. The Balaban J connectivity index is 1.02. The van der Waals surface area contributed by atoms with E-state index in [-0.39, 0.29) is 0 Å². The number of allylic oxidation sites excluding steroid dienone is 2. The van der Waals surface area contributed by atoms with E-state index in [0.29, 0.717) is 0 Å². The second-order valence-corrected chi connectivity index (χ2v) is 14.7. The summed E-state index contributed by atoms with van der Waals surface area (Å²) in [5.74, 6) is 0.756. The number of benzene rings is 7. The van der Waals surface area contributed by atoms with Crippen molar-refractivity contribution in [3.05, 3.63) is 179 Å². The van der Waals surface area contributed by atoms with Gasteiger partial charge in [0.25, 0.3) is 0 Å². The Labute approximate surface area is 309 Å². The highest BCUT2D eigenvalue weighted by Crippen LogP contribution is 2.45. The molecule has 1 heterocycles. The van der Waals surface area contributed by atoms with E-state index in [0.717, 1.165) is 66.0 Å². The van der Waals surface area contributed by atoms with Gasteiger partial charge >= 0.3 is 0 Å². The number of nitrogens with zero attached hydrogens (tertiary/aromatic N) is 2. The molecule has 0 radical (unpaired) electrons. The molecule has 0 spiro atoms. The summed E-state index contributed by atoms with van der Waals surface area (Å²) < 4.78 is 0. The molecule has 0 atom stereocenters. The highest BCUT2D eigenvalue weighted by atomic mass is 14.9. The molecule has 7 aromatic carbocycles. The van der Waals surface area contributed by atoms with Gasteiger partial charge in [-0.1, -0.05) is 140 Å². The van der Waals surface area contributed by atoms with E-state index in [9.17, 15) is 0 Å². The topological polar surface area (TPSA) is 25.8 Å². The summed E-state index contributed by atoms with van der Waals surface area (Å²) in [7, 11) is 0. The van der Waals surface area contributed by atoms with Gasteiger partial charge in [-0.05, 0) is 115 Å². The van der Waals surface area contributed by atoms with E-state index in [1.807, 2.05) is 0 Å². The van der Waals surface area contributed by atoms with Crippen LogP contribution in [0.1, 0.15) is 46.2 Å². The Kier molecular flexibility index (Phi) is 6.91. The zero-order valence-corrected chi connectivity index (χ0v) is 29.4. The van der Waals surface area contributed by atoms with E-state index in [1.165, 1.54) is 66.1 Å². The van der Waals surface area contributed by atoms with Crippen molar-refractivity contribution in [3.63, 3.8) is 0 Å². The maximum atomic E-state index is 5.37. The summed E-state index contributed by atoms with van der Waals surface area (Å²) in [6.07, 6.45) is 14.8. The average Bonchev–Trinajstić information content (AvgIpc) is 3.63. The fraction of sp³-hybridized carbons (Fsp3) is 0.0980. The normalized spacial score (nSPS) is 13.9. The molecular weight excluding hydrogens is 641 g/mol. The van der Waals surface area contributed by atoms with Crippen molar-refractivity contribution in [2.45, 2.75) is 32.1 Å². The number of fused-ring (bicyclic) bond motifs is 11. The first-order valence-corrected chi connectivity index (χ1v) is 18.9. The standard InChI is InChI=1S/C51H36N2/c1-2-13-33(14-3-1)49-47-31-38-25-24-32-12-4-5-19-40(32)48(38)50(47)53-51(52-49)39-18-11-17-36(29-39)34-15-10-16-35(28-34)37-26-27-45-43-22-7-6-20-41(43)42-21-8-9-23-44(42)46(45)30-37/h1-5,7,9-19,22-30H,6,8,20-21,31H2. The summed E-state index contributed by atoms with van der Waals surface area (Å²) >= 11 is 0. The molecular formula is C51H36N2. The fourth-order valence-electron chi connectivity index (χ4n) is 9.11. The van der Waals surface area contributed by atoms with Crippen LogP contribution in [0.25, 0.3) is 89.9 Å². The van der Waals surface area contributed by atoms with Crippen LogP contribution in [0.4, 0.5) is 0 Å². The van der Waals surface area contributed by atoms with Crippen molar-refractivity contribution in [2.75, 3.05) is 0 Å². The molecule has 0 bridgehead atoms. The number of rotatable bonds is 4. The molecule has 8 aromatic rings. The highest BCUT2D eigenvalue weighted by Gasteiger charge is 2.28. The Morgan fingerprint density at radius 2 is 1.04 bits per heavy atom. The summed E-state index contributed by atoms with van der Waals surface area (Å²) in [4.78, 5) is 10.7. The van der Waals surface area contributed by atoms with Crippen LogP contribution in [-0.2, 0) is 19.3 Å². The van der Waals surface area contributed by atoms with Gasteiger partial charge in [-0.3, -0.25) is 0 Å². The number of hydrogen-bond acceptors (Lipinski definition) is 2. The molecule has 250 valence electrons. The van der Waals surface area contributed by atoms with E-state index < -0.39 is 0 Å². The smallest absolute Gasteiger partial charge is 0.160 e. The molecule has 0 aliphatic heterocycles. The van der Waals surface area contributed by atoms with E-state index >= 15 is 0 Å². The predicted molar refractivity (Wildman–Crippen MR) is 222 cm³/mol. The SMILES string of the molecule is C1=Cc2c(c3c(c4cc(-c5cccc(-c6cccc(-c7nc(-c8ccccc8)c8c(n7)-c7c(ccc9ccccc79)C8)c6)c5)ccc24)C=CCC3)CC1. The van der Waals surface area contributed by atoms with Gasteiger partial charge in [0, 0.05) is 28.7 Å². The van der Waals surface area contributed by atoms with Crippen LogP contribution in [0.15, 0.2) is 146 Å². The van der Waals surface area contributed by atoms with Crippen LogP contribution in [0.3, 0.4) is 0 Å². The van der Waals surface area contributed by atoms with Gasteiger partial charge < -0.3 is 0 Å². The summed E-state index contributed by atoms with van der Waals surface area (Å²) in [6, 6.07) is 48.6. The van der Waals surface area contributed by atoms with Crippen molar-refractivity contribution >= 4 is 33.7 Å². The maximum Gasteiger partial charge on any atom is 0.160 e. The second kappa shape index (κ2) is 12.1. The van der Waals surface area contributed by atoms with Gasteiger partial charge in [0.15, 0.2) is 5.82 Å². The fourth-order valence-corrected chi connectivity index (χ4v) is 9.11. The van der Waals surface area contributed by atoms with Gasteiger partial charge in [0.05, 0.1) is 11.4 Å². The third kappa shape index (κ3) is 4.94. The molecule has 0 fully saturated rings. The molecule has 2 heteroatoms. The predicted octanol–water partition coefficient (Wildman–Crippen LogP) is 12.9. The highest BCUT2D eigenvalue weighted by molar-refractivity contribution is 6.03. The molecule has 11 rings (SSSR count). The Morgan fingerprint density at radius 1 is 0.415 bits per heavy atom. The van der Waals surface area contributed by atoms with E-state index in [4.69, 9.17) is 9.97 Å². The molecule has 3 aliphatic carbocycles. The largest absolute Gasteiger partial charge is 0.228 e. The lowest BCUT2D eigenvalue weighted by atomic mass is 9.80. The molecule has 3 aliphatic rings. The first-order valence-electron chi connectivity index (χ1n) is 18.9. The van der Waals surface area contributed by atoms with Crippen molar-refractivity contribution in [1.82, 2.24) is 9.97 Å². The first-order chi connectivity index (χ1) is 26.3. The van der Waals surface area contributed by atoms with Gasteiger partial charge in [0.2, 0.25) is 0 Å². The molecule has 2 nitrogen and oxygen atoms in total. The third-order valence-corrected chi connectivity index (χ3v) is 11.6. The van der Waals surface area contributed by atoms with Crippen molar-refractivity contribution in [3.8, 4) is 56.2 Å². The second-order valence-electron chi connectivity index (χ2n) is 14.7. The third-order valence-electron chi connectivity index (χ3n) is 11.6. The minimum atomic E-state index is 0.756. The lowest BCUT2D eigenvalue weighted by Crippen LogP contribution is -2.07. The lowest BCUT2D eigenvalue weighted by molar-refractivity contribution is 0.911.